The van der Waals surface area contributed by atoms with Crippen molar-refractivity contribution in [3.8, 4) is 0 Å². The van der Waals surface area contributed by atoms with Crippen LogP contribution in [0.4, 0.5) is 0 Å². The van der Waals surface area contributed by atoms with Gasteiger partial charge in [-0.15, -0.1) is 0 Å². The fourth-order valence-corrected chi connectivity index (χ4v) is 1.22. The Morgan fingerprint density at radius 3 is 1.83 bits per heavy atom. The smallest absolute Gasteiger partial charge is 0.0816 e. The number of hydrogen-bond acceptors (Lipinski definition) is 5. The third-order valence-electron chi connectivity index (χ3n) is 2.17. The quantitative estimate of drug-likeness (QED) is 0.580. The van der Waals surface area contributed by atoms with Gasteiger partial charge >= 0.3 is 0 Å². The van der Waals surface area contributed by atoms with Gasteiger partial charge in [0.05, 0.1) is 50.8 Å². The zero-order valence-corrected chi connectivity index (χ0v) is 13.0. The van der Waals surface area contributed by atoms with E-state index in [0.29, 0.717) is 26.4 Å². The summed E-state index contributed by atoms with van der Waals surface area (Å²) in [6, 6.07) is 0. The Kier molecular flexibility index (Phi) is 11.2. The fourth-order valence-electron chi connectivity index (χ4n) is 1.14. The van der Waals surface area contributed by atoms with Gasteiger partial charge in [-0.05, 0) is 27.7 Å². The maximum absolute atomic E-state index is 9.03. The van der Waals surface area contributed by atoms with Crippen molar-refractivity contribution in [2.75, 3.05) is 26.4 Å². The average Bonchev–Trinajstić information content (AvgIpc) is 2.32. The molecule has 5 unspecified atom stereocenters. The van der Waals surface area contributed by atoms with Gasteiger partial charge in [0, 0.05) is 9.47 Å². The van der Waals surface area contributed by atoms with E-state index >= 15 is 0 Å². The molecule has 5 atom stereocenters. The first-order chi connectivity index (χ1) is 8.45. The minimum absolute atomic E-state index is 0.00907. The fraction of sp³-hybridized carbons (Fsp3) is 1.00. The maximum Gasteiger partial charge on any atom is 0.0816 e. The van der Waals surface area contributed by atoms with Gasteiger partial charge in [0.1, 0.15) is 0 Å². The Hall–Kier alpha value is 0.230. The highest BCUT2D eigenvalue weighted by Crippen LogP contribution is 2.02. The summed E-state index contributed by atoms with van der Waals surface area (Å²) in [5, 5.41) is 9.03. The van der Waals surface area contributed by atoms with Crippen molar-refractivity contribution in [3.63, 3.8) is 0 Å². The van der Waals surface area contributed by atoms with Gasteiger partial charge in [-0.1, -0.05) is 0 Å². The number of rotatable bonds is 11. The van der Waals surface area contributed by atoms with Gasteiger partial charge in [-0.3, -0.25) is 0 Å². The molecule has 0 aromatic rings. The molecule has 0 aromatic carbocycles. The molecule has 110 valence electrons. The predicted molar refractivity (Wildman–Crippen MR) is 73.6 cm³/mol. The SMILES string of the molecule is CC(O)COCC(C)OCC(C)OCC(C)OP. The van der Waals surface area contributed by atoms with Crippen molar-refractivity contribution in [1.82, 2.24) is 0 Å². The first-order valence-corrected chi connectivity index (χ1v) is 6.77. The lowest BCUT2D eigenvalue weighted by molar-refractivity contribution is -0.0724. The summed E-state index contributed by atoms with van der Waals surface area (Å²) in [6.07, 6.45) is -0.367. The van der Waals surface area contributed by atoms with Gasteiger partial charge in [0.25, 0.3) is 0 Å². The summed E-state index contributed by atoms with van der Waals surface area (Å²) in [5.41, 5.74) is 0. The highest BCUT2D eigenvalue weighted by atomic mass is 31.0. The van der Waals surface area contributed by atoms with Gasteiger partial charge in [-0.2, -0.15) is 0 Å². The standard InChI is InChI=1S/C12H27O5P/c1-9(13)5-14-6-10(2)15-7-11(3)16-8-12(4)17-18/h9-13H,5-8,18H2,1-4H3. The number of aliphatic hydroxyl groups excluding tert-OH is 1. The predicted octanol–water partition coefficient (Wildman–Crippen LogP) is 1.39. The van der Waals surface area contributed by atoms with Crippen molar-refractivity contribution < 1.29 is 23.8 Å². The van der Waals surface area contributed by atoms with Crippen molar-refractivity contribution in [1.29, 1.82) is 0 Å². The van der Waals surface area contributed by atoms with E-state index in [1.165, 1.54) is 0 Å². The first kappa shape index (κ1) is 18.2. The molecule has 0 saturated heterocycles. The largest absolute Gasteiger partial charge is 0.391 e. The van der Waals surface area contributed by atoms with Crippen molar-refractivity contribution in [2.24, 2.45) is 0 Å². The normalized spacial score (nSPS) is 18.3. The molecule has 0 fully saturated rings. The van der Waals surface area contributed by atoms with Crippen LogP contribution in [0.15, 0.2) is 0 Å². The summed E-state index contributed by atoms with van der Waals surface area (Å²) in [4.78, 5) is 0. The second kappa shape index (κ2) is 11.1. The molecule has 18 heavy (non-hydrogen) atoms. The van der Waals surface area contributed by atoms with E-state index < -0.39 is 6.10 Å². The van der Waals surface area contributed by atoms with Crippen molar-refractivity contribution in [2.45, 2.75) is 52.1 Å². The molecule has 0 aliphatic rings. The Balaban J connectivity index is 3.49. The minimum atomic E-state index is -0.437. The second-order valence-corrected chi connectivity index (χ2v) is 4.89. The highest BCUT2D eigenvalue weighted by molar-refractivity contribution is 7.09. The summed E-state index contributed by atoms with van der Waals surface area (Å²) in [6.45, 7) is 9.39. The summed E-state index contributed by atoms with van der Waals surface area (Å²) in [7, 11) is 2.22. The molecule has 0 aliphatic carbocycles. The second-order valence-electron chi connectivity index (χ2n) is 4.62. The topological polar surface area (TPSA) is 57.2 Å². The molecule has 6 heteroatoms. The summed E-state index contributed by atoms with van der Waals surface area (Å²) >= 11 is 0. The Labute approximate surface area is 112 Å². The molecule has 0 aromatic heterocycles. The summed E-state index contributed by atoms with van der Waals surface area (Å²) < 4.78 is 21.4. The molecule has 0 radical (unpaired) electrons. The van der Waals surface area contributed by atoms with Crippen molar-refractivity contribution in [3.05, 3.63) is 0 Å². The van der Waals surface area contributed by atoms with Crippen LogP contribution < -0.4 is 0 Å². The molecule has 0 rings (SSSR count). The van der Waals surface area contributed by atoms with E-state index in [4.69, 9.17) is 23.8 Å². The molecule has 1 N–H and O–H groups in total. The average molecular weight is 282 g/mol. The molecule has 0 aliphatic heterocycles. The van der Waals surface area contributed by atoms with Crippen LogP contribution in [0, 0.1) is 0 Å². The Bertz CT molecular complexity index is 191. The zero-order valence-electron chi connectivity index (χ0n) is 11.8. The van der Waals surface area contributed by atoms with Crippen LogP contribution in [-0.4, -0.2) is 55.9 Å². The molecule has 0 amide bonds. The van der Waals surface area contributed by atoms with E-state index in [-0.39, 0.29) is 18.3 Å². The van der Waals surface area contributed by atoms with E-state index in [0.717, 1.165) is 0 Å². The van der Waals surface area contributed by atoms with Gasteiger partial charge in [0.15, 0.2) is 0 Å². The van der Waals surface area contributed by atoms with Crippen LogP contribution in [0.25, 0.3) is 0 Å². The molecule has 5 nitrogen and oxygen atoms in total. The highest BCUT2D eigenvalue weighted by Gasteiger charge is 2.09. The number of ether oxygens (including phenoxy) is 3. The third-order valence-corrected chi connectivity index (χ3v) is 2.64. The van der Waals surface area contributed by atoms with E-state index in [2.05, 4.69) is 9.47 Å². The zero-order chi connectivity index (χ0) is 14.0. The third kappa shape index (κ3) is 11.3. The number of hydrogen-bond donors (Lipinski definition) is 1. The molecular formula is C12H27O5P. The van der Waals surface area contributed by atoms with Crippen LogP contribution in [0.2, 0.25) is 0 Å². The van der Waals surface area contributed by atoms with Crippen LogP contribution in [0.3, 0.4) is 0 Å². The summed E-state index contributed by atoms with van der Waals surface area (Å²) in [5.74, 6) is 0. The monoisotopic (exact) mass is 282 g/mol. The molecule has 0 spiro atoms. The molecule has 0 heterocycles. The van der Waals surface area contributed by atoms with Crippen molar-refractivity contribution >= 4 is 9.47 Å². The molecular weight excluding hydrogens is 255 g/mol. The van der Waals surface area contributed by atoms with Gasteiger partial charge in [-0.25, -0.2) is 0 Å². The number of aliphatic hydroxyl groups is 1. The minimum Gasteiger partial charge on any atom is -0.391 e. The van der Waals surface area contributed by atoms with E-state index in [1.54, 1.807) is 6.92 Å². The first-order valence-electron chi connectivity index (χ1n) is 6.30. The Morgan fingerprint density at radius 1 is 0.833 bits per heavy atom. The molecule has 0 bridgehead atoms. The lowest BCUT2D eigenvalue weighted by Gasteiger charge is -2.19. The van der Waals surface area contributed by atoms with Crippen LogP contribution >= 0.6 is 9.47 Å². The van der Waals surface area contributed by atoms with Crippen LogP contribution in [-0.2, 0) is 18.7 Å². The lowest BCUT2D eigenvalue weighted by Crippen LogP contribution is -2.26. The van der Waals surface area contributed by atoms with E-state index in [1.807, 2.05) is 20.8 Å². The Morgan fingerprint density at radius 2 is 1.33 bits per heavy atom. The van der Waals surface area contributed by atoms with E-state index in [9.17, 15) is 0 Å². The lowest BCUT2D eigenvalue weighted by atomic mass is 10.4. The van der Waals surface area contributed by atoms with Gasteiger partial charge < -0.3 is 23.8 Å². The molecule has 0 saturated carbocycles. The van der Waals surface area contributed by atoms with Crippen LogP contribution in [0.1, 0.15) is 27.7 Å². The maximum atomic E-state index is 9.03. The van der Waals surface area contributed by atoms with Gasteiger partial charge in [0.2, 0.25) is 0 Å². The van der Waals surface area contributed by atoms with Crippen LogP contribution in [0.5, 0.6) is 0 Å².